The second-order valence-corrected chi connectivity index (χ2v) is 5.31. The molecule has 0 radical (unpaired) electrons. The summed E-state index contributed by atoms with van der Waals surface area (Å²) < 4.78 is 10.6. The molecule has 0 heterocycles. The van der Waals surface area contributed by atoms with Crippen molar-refractivity contribution >= 4 is 34.8 Å². The molecule has 1 aliphatic carbocycles. The van der Waals surface area contributed by atoms with Gasteiger partial charge < -0.3 is 14.6 Å². The first-order valence-corrected chi connectivity index (χ1v) is 6.33. The lowest BCUT2D eigenvalue weighted by molar-refractivity contribution is -0.203. The maximum absolute atomic E-state index is 10.8. The highest BCUT2D eigenvalue weighted by Gasteiger charge is 2.71. The third-order valence-corrected chi connectivity index (χ3v) is 4.87. The van der Waals surface area contributed by atoms with Gasteiger partial charge in [0.1, 0.15) is 5.60 Å². The van der Waals surface area contributed by atoms with Crippen LogP contribution in [0.3, 0.4) is 0 Å². The van der Waals surface area contributed by atoms with Gasteiger partial charge in [-0.05, 0) is 6.08 Å². The zero-order valence-corrected chi connectivity index (χ0v) is 12.7. The molecule has 0 bridgehead atoms. The Morgan fingerprint density at radius 1 is 1.37 bits per heavy atom. The third-order valence-electron chi connectivity index (χ3n) is 3.16. The number of ether oxygens (including phenoxy) is 2. The molecular weight excluding hydrogens is 310 g/mol. The second-order valence-electron chi connectivity index (χ2n) is 3.95. The number of terminal acetylenes is 1. The summed E-state index contributed by atoms with van der Waals surface area (Å²) in [6.07, 6.45) is 6.36. The monoisotopic (exact) mass is 322 g/mol. The van der Waals surface area contributed by atoms with E-state index in [9.17, 15) is 5.11 Å². The van der Waals surface area contributed by atoms with Crippen LogP contribution in [0, 0.1) is 12.3 Å². The normalized spacial score (nSPS) is 32.9. The third kappa shape index (κ3) is 1.88. The van der Waals surface area contributed by atoms with E-state index in [0.29, 0.717) is 0 Å². The van der Waals surface area contributed by atoms with Gasteiger partial charge in [0.15, 0.2) is 4.87 Å². The van der Waals surface area contributed by atoms with Crippen molar-refractivity contribution in [3.63, 3.8) is 0 Å². The van der Waals surface area contributed by atoms with Gasteiger partial charge in [-0.1, -0.05) is 29.8 Å². The van der Waals surface area contributed by atoms with Crippen molar-refractivity contribution in [3.05, 3.63) is 28.5 Å². The van der Waals surface area contributed by atoms with Crippen LogP contribution in [0.5, 0.6) is 0 Å². The number of methoxy groups -OCH3 is 2. The first kappa shape index (κ1) is 16.6. The van der Waals surface area contributed by atoms with E-state index in [1.807, 2.05) is 0 Å². The van der Waals surface area contributed by atoms with Crippen LogP contribution < -0.4 is 0 Å². The highest BCUT2D eigenvalue weighted by atomic mass is 35.5. The van der Waals surface area contributed by atoms with Gasteiger partial charge in [-0.25, -0.2) is 0 Å². The zero-order chi connectivity index (χ0) is 14.9. The number of halogens is 3. The molecule has 0 aliphatic heterocycles. The molecule has 2 atom stereocenters. The summed E-state index contributed by atoms with van der Waals surface area (Å²) in [7, 11) is 2.65. The van der Waals surface area contributed by atoms with Crippen LogP contribution in [0.4, 0.5) is 0 Å². The van der Waals surface area contributed by atoms with Gasteiger partial charge in [0.2, 0.25) is 5.79 Å². The van der Waals surface area contributed by atoms with Crippen molar-refractivity contribution in [2.24, 2.45) is 0 Å². The summed E-state index contributed by atoms with van der Waals surface area (Å²) in [4.78, 5) is -1.69. The molecule has 0 saturated carbocycles. The minimum absolute atomic E-state index is 0.0709. The highest BCUT2D eigenvalue weighted by Crippen LogP contribution is 2.60. The molecule has 0 aromatic heterocycles. The molecule has 0 aromatic rings. The van der Waals surface area contributed by atoms with Crippen molar-refractivity contribution in [3.8, 4) is 12.3 Å². The molecule has 0 aromatic carbocycles. The topological polar surface area (TPSA) is 38.7 Å². The van der Waals surface area contributed by atoms with Crippen LogP contribution in [-0.4, -0.2) is 35.6 Å². The molecule has 1 aliphatic rings. The molecule has 3 nitrogen and oxygen atoms in total. The van der Waals surface area contributed by atoms with Crippen molar-refractivity contribution in [1.82, 2.24) is 0 Å². The van der Waals surface area contributed by atoms with Gasteiger partial charge in [-0.2, -0.15) is 0 Å². The van der Waals surface area contributed by atoms with E-state index in [4.69, 9.17) is 50.7 Å². The van der Waals surface area contributed by atoms with E-state index in [0.717, 1.165) is 0 Å². The molecule has 104 valence electrons. The predicted octanol–water partition coefficient (Wildman–Crippen LogP) is 2.75. The van der Waals surface area contributed by atoms with Crippen LogP contribution >= 0.6 is 34.8 Å². The molecular formula is C13H13Cl3O3. The second kappa shape index (κ2) is 5.52. The van der Waals surface area contributed by atoms with Gasteiger partial charge >= 0.3 is 0 Å². The first-order valence-electron chi connectivity index (χ1n) is 5.19. The van der Waals surface area contributed by atoms with E-state index in [1.165, 1.54) is 20.3 Å². The number of hydrogen-bond acceptors (Lipinski definition) is 3. The number of aliphatic hydroxyl groups is 1. The first-order chi connectivity index (χ1) is 8.81. The summed E-state index contributed by atoms with van der Waals surface area (Å²) >= 11 is 18.7. The fourth-order valence-corrected chi connectivity index (χ4v) is 3.57. The summed E-state index contributed by atoms with van der Waals surface area (Å²) in [5, 5.41) is 10.6. The summed E-state index contributed by atoms with van der Waals surface area (Å²) in [6.45, 7) is 3.44. The highest BCUT2D eigenvalue weighted by molar-refractivity contribution is 6.44. The van der Waals surface area contributed by atoms with Gasteiger partial charge in [0.05, 0.1) is 10.1 Å². The Balaban J connectivity index is 3.70. The Morgan fingerprint density at radius 2 is 1.89 bits per heavy atom. The SMILES string of the molecule is C#CC[C@@]1(O)C(Cl)=C(Cl)C(OC)(OC)[C@@]1(Cl)C=C=C. The molecule has 0 saturated heterocycles. The van der Waals surface area contributed by atoms with Crippen molar-refractivity contribution in [1.29, 1.82) is 0 Å². The van der Waals surface area contributed by atoms with Crippen molar-refractivity contribution in [2.75, 3.05) is 14.2 Å². The Labute approximate surface area is 127 Å². The number of hydrogen-bond donors (Lipinski definition) is 1. The number of alkyl halides is 1. The minimum atomic E-state index is -1.85. The Hall–Kier alpha value is -0.430. The molecule has 1 rings (SSSR count). The lowest BCUT2D eigenvalue weighted by atomic mass is 9.83. The van der Waals surface area contributed by atoms with Crippen LogP contribution in [-0.2, 0) is 9.47 Å². The average molecular weight is 324 g/mol. The van der Waals surface area contributed by atoms with Crippen LogP contribution in [0.15, 0.2) is 28.5 Å². The van der Waals surface area contributed by atoms with Crippen molar-refractivity contribution < 1.29 is 14.6 Å². The molecule has 19 heavy (non-hydrogen) atoms. The Kier molecular flexibility index (Phi) is 4.83. The zero-order valence-electron chi connectivity index (χ0n) is 10.5. The summed E-state index contributed by atoms with van der Waals surface area (Å²) in [5.41, 5.74) is 0.640. The van der Waals surface area contributed by atoms with Gasteiger partial charge in [0, 0.05) is 20.6 Å². The quantitative estimate of drug-likeness (QED) is 0.374. The fourth-order valence-electron chi connectivity index (χ4n) is 2.19. The largest absolute Gasteiger partial charge is 0.381 e. The van der Waals surface area contributed by atoms with Gasteiger partial charge in [-0.3, -0.25) is 0 Å². The molecule has 0 unspecified atom stereocenters. The maximum Gasteiger partial charge on any atom is 0.234 e. The van der Waals surface area contributed by atoms with Crippen LogP contribution in [0.2, 0.25) is 0 Å². The van der Waals surface area contributed by atoms with E-state index in [1.54, 1.807) is 0 Å². The summed E-state index contributed by atoms with van der Waals surface area (Å²) in [5.74, 6) is 0.633. The standard InChI is InChI=1S/C13H13Cl3O3/c1-5-7-11(17)9(14)10(15)13(18-3,19-4)12(11,16)8-6-2/h1,8,17H,2,7H2,3-4H3/t11-,12-/m1/s1. The van der Waals surface area contributed by atoms with Crippen molar-refractivity contribution in [2.45, 2.75) is 22.7 Å². The van der Waals surface area contributed by atoms with Gasteiger partial charge in [0.25, 0.3) is 0 Å². The van der Waals surface area contributed by atoms with Gasteiger partial charge in [-0.15, -0.1) is 29.7 Å². The van der Waals surface area contributed by atoms with Crippen LogP contribution in [0.25, 0.3) is 0 Å². The molecule has 0 fully saturated rings. The van der Waals surface area contributed by atoms with E-state index >= 15 is 0 Å². The lowest BCUT2D eigenvalue weighted by Gasteiger charge is -2.43. The Bertz CT molecular complexity index is 498. The van der Waals surface area contributed by atoms with Crippen LogP contribution in [0.1, 0.15) is 6.42 Å². The van der Waals surface area contributed by atoms with E-state index in [-0.39, 0.29) is 16.5 Å². The summed E-state index contributed by atoms with van der Waals surface area (Å²) in [6, 6.07) is 0. The molecule has 0 amide bonds. The lowest BCUT2D eigenvalue weighted by Crippen LogP contribution is -2.60. The smallest absolute Gasteiger partial charge is 0.234 e. The molecule has 0 spiro atoms. The van der Waals surface area contributed by atoms with E-state index < -0.39 is 16.3 Å². The molecule has 6 heteroatoms. The minimum Gasteiger partial charge on any atom is -0.381 e. The average Bonchev–Trinajstić information content (AvgIpc) is 2.50. The number of rotatable bonds is 4. The molecule has 1 N–H and O–H groups in total. The maximum atomic E-state index is 10.8. The fraction of sp³-hybridized carbons (Fsp3) is 0.462. The Morgan fingerprint density at radius 3 is 2.26 bits per heavy atom. The van der Waals surface area contributed by atoms with E-state index in [2.05, 4.69) is 18.2 Å². The predicted molar refractivity (Wildman–Crippen MR) is 76.2 cm³/mol.